The molecule has 0 aliphatic carbocycles. The van der Waals surface area contributed by atoms with Crippen LogP contribution in [0, 0.1) is 11.8 Å². The number of nitrogens with one attached hydrogen (secondary N) is 1. The number of rotatable bonds is 7. The standard InChI is InChI=1S/C16H32N4O3S/c1-14(13-19-8-4-5-9-19)12-17-16(21)15-6-10-20(11-7-15)24(22,23)18(2)3/h14-15H,4-13H2,1-3H3,(H,17,21). The minimum atomic E-state index is -3.36. The lowest BCUT2D eigenvalue weighted by atomic mass is 9.97. The van der Waals surface area contributed by atoms with Crippen molar-refractivity contribution in [3.63, 3.8) is 0 Å². The van der Waals surface area contributed by atoms with Gasteiger partial charge in [0.1, 0.15) is 0 Å². The minimum Gasteiger partial charge on any atom is -0.356 e. The Balaban J connectivity index is 1.70. The fraction of sp³-hybridized carbons (Fsp3) is 0.938. The van der Waals surface area contributed by atoms with Crippen molar-refractivity contribution >= 4 is 16.1 Å². The molecule has 2 aliphatic heterocycles. The molecule has 140 valence electrons. The Bertz CT molecular complexity index is 509. The van der Waals surface area contributed by atoms with E-state index in [-0.39, 0.29) is 11.8 Å². The molecule has 0 spiro atoms. The topological polar surface area (TPSA) is 73.0 Å². The normalized spacial score (nSPS) is 22.8. The van der Waals surface area contributed by atoms with E-state index in [0.29, 0.717) is 38.4 Å². The van der Waals surface area contributed by atoms with Crippen LogP contribution in [0.1, 0.15) is 32.6 Å². The van der Waals surface area contributed by atoms with Gasteiger partial charge >= 0.3 is 0 Å². The summed E-state index contributed by atoms with van der Waals surface area (Å²) in [5, 5.41) is 3.06. The number of hydrogen-bond donors (Lipinski definition) is 1. The number of amides is 1. The number of piperidine rings is 1. The van der Waals surface area contributed by atoms with Crippen LogP contribution in [0.5, 0.6) is 0 Å². The van der Waals surface area contributed by atoms with E-state index < -0.39 is 10.2 Å². The zero-order valence-electron chi connectivity index (χ0n) is 15.2. The van der Waals surface area contributed by atoms with Crippen LogP contribution in [0.2, 0.25) is 0 Å². The number of carbonyl (C=O) groups excluding carboxylic acids is 1. The molecule has 0 radical (unpaired) electrons. The van der Waals surface area contributed by atoms with Crippen LogP contribution >= 0.6 is 0 Å². The number of hydrogen-bond acceptors (Lipinski definition) is 4. The van der Waals surface area contributed by atoms with Gasteiger partial charge in [-0.2, -0.15) is 17.0 Å². The summed E-state index contributed by atoms with van der Waals surface area (Å²) >= 11 is 0. The number of carbonyl (C=O) groups is 1. The number of likely N-dealkylation sites (tertiary alicyclic amines) is 1. The molecule has 2 rings (SSSR count). The SMILES string of the molecule is CC(CNC(=O)C1CCN(S(=O)(=O)N(C)C)CC1)CN1CCCC1. The van der Waals surface area contributed by atoms with E-state index in [2.05, 4.69) is 17.1 Å². The first-order chi connectivity index (χ1) is 11.3. The molecule has 8 heteroatoms. The molecule has 1 amide bonds. The Labute approximate surface area is 146 Å². The molecule has 7 nitrogen and oxygen atoms in total. The highest BCUT2D eigenvalue weighted by Gasteiger charge is 2.32. The first-order valence-electron chi connectivity index (χ1n) is 8.98. The molecule has 24 heavy (non-hydrogen) atoms. The van der Waals surface area contributed by atoms with Crippen molar-refractivity contribution in [3.8, 4) is 0 Å². The molecule has 2 heterocycles. The Morgan fingerprint density at radius 1 is 1.17 bits per heavy atom. The van der Waals surface area contributed by atoms with E-state index in [9.17, 15) is 13.2 Å². The molecule has 1 N–H and O–H groups in total. The zero-order chi connectivity index (χ0) is 17.7. The smallest absolute Gasteiger partial charge is 0.281 e. The fourth-order valence-corrected chi connectivity index (χ4v) is 4.60. The van der Waals surface area contributed by atoms with Crippen molar-refractivity contribution in [2.24, 2.45) is 11.8 Å². The van der Waals surface area contributed by atoms with Crippen LogP contribution in [0.4, 0.5) is 0 Å². The summed E-state index contributed by atoms with van der Waals surface area (Å²) in [6.45, 7) is 7.11. The average Bonchev–Trinajstić information content (AvgIpc) is 3.05. The van der Waals surface area contributed by atoms with Gasteiger partial charge in [-0.1, -0.05) is 6.92 Å². The second kappa shape index (κ2) is 8.60. The summed E-state index contributed by atoms with van der Waals surface area (Å²) in [6, 6.07) is 0. The molecule has 0 bridgehead atoms. The Kier molecular flexibility index (Phi) is 7.03. The number of nitrogens with zero attached hydrogens (tertiary/aromatic N) is 3. The van der Waals surface area contributed by atoms with Gasteiger partial charge in [0.15, 0.2) is 0 Å². The monoisotopic (exact) mass is 360 g/mol. The predicted molar refractivity (Wildman–Crippen MR) is 94.8 cm³/mol. The van der Waals surface area contributed by atoms with E-state index in [4.69, 9.17) is 0 Å². The van der Waals surface area contributed by atoms with Gasteiger partial charge in [-0.15, -0.1) is 0 Å². The van der Waals surface area contributed by atoms with E-state index >= 15 is 0 Å². The third-order valence-corrected chi connectivity index (χ3v) is 6.95. The summed E-state index contributed by atoms with van der Waals surface area (Å²) in [7, 11) is -0.284. The van der Waals surface area contributed by atoms with Crippen LogP contribution < -0.4 is 5.32 Å². The molecule has 0 saturated carbocycles. The Morgan fingerprint density at radius 2 is 1.75 bits per heavy atom. The third-order valence-electron chi connectivity index (χ3n) is 5.01. The molecule has 2 saturated heterocycles. The molecule has 0 aromatic carbocycles. The van der Waals surface area contributed by atoms with Crippen molar-refractivity contribution in [3.05, 3.63) is 0 Å². The van der Waals surface area contributed by atoms with Crippen molar-refractivity contribution < 1.29 is 13.2 Å². The quantitative estimate of drug-likeness (QED) is 0.711. The van der Waals surface area contributed by atoms with Gasteiger partial charge in [0, 0.05) is 46.2 Å². The lowest BCUT2D eigenvalue weighted by molar-refractivity contribution is -0.126. The molecular formula is C16H32N4O3S. The largest absolute Gasteiger partial charge is 0.356 e. The van der Waals surface area contributed by atoms with Crippen molar-refractivity contribution in [2.75, 3.05) is 53.4 Å². The van der Waals surface area contributed by atoms with Crippen LogP contribution in [-0.2, 0) is 15.0 Å². The predicted octanol–water partition coefficient (Wildman–Crippen LogP) is 0.353. The molecule has 2 fully saturated rings. The van der Waals surface area contributed by atoms with Crippen LogP contribution in [0.15, 0.2) is 0 Å². The maximum Gasteiger partial charge on any atom is 0.281 e. The lowest BCUT2D eigenvalue weighted by Gasteiger charge is -2.32. The van der Waals surface area contributed by atoms with E-state index in [1.165, 1.54) is 48.6 Å². The summed E-state index contributed by atoms with van der Waals surface area (Å²) in [5.41, 5.74) is 0. The fourth-order valence-electron chi connectivity index (χ4n) is 3.47. The maximum atomic E-state index is 12.3. The Hall–Kier alpha value is -0.700. The summed E-state index contributed by atoms with van der Waals surface area (Å²) in [4.78, 5) is 14.8. The molecule has 2 aliphatic rings. The Morgan fingerprint density at radius 3 is 2.29 bits per heavy atom. The highest BCUT2D eigenvalue weighted by atomic mass is 32.2. The van der Waals surface area contributed by atoms with Gasteiger partial charge in [0.25, 0.3) is 10.2 Å². The van der Waals surface area contributed by atoms with Gasteiger partial charge in [0.2, 0.25) is 5.91 Å². The summed E-state index contributed by atoms with van der Waals surface area (Å²) < 4.78 is 26.9. The van der Waals surface area contributed by atoms with Gasteiger partial charge in [-0.25, -0.2) is 0 Å². The molecular weight excluding hydrogens is 328 g/mol. The van der Waals surface area contributed by atoms with E-state index in [0.717, 1.165) is 6.54 Å². The van der Waals surface area contributed by atoms with Gasteiger partial charge < -0.3 is 10.2 Å². The minimum absolute atomic E-state index is 0.0717. The zero-order valence-corrected chi connectivity index (χ0v) is 16.0. The van der Waals surface area contributed by atoms with Crippen molar-refractivity contribution in [2.45, 2.75) is 32.6 Å². The van der Waals surface area contributed by atoms with Crippen LogP contribution in [-0.4, -0.2) is 81.2 Å². The van der Waals surface area contributed by atoms with Gasteiger partial charge in [0.05, 0.1) is 0 Å². The van der Waals surface area contributed by atoms with E-state index in [1.807, 2.05) is 0 Å². The second-order valence-corrected chi connectivity index (χ2v) is 9.46. The van der Waals surface area contributed by atoms with Crippen molar-refractivity contribution in [1.29, 1.82) is 0 Å². The molecule has 0 aromatic heterocycles. The summed E-state index contributed by atoms with van der Waals surface area (Å²) in [6.07, 6.45) is 3.76. The van der Waals surface area contributed by atoms with E-state index in [1.54, 1.807) is 0 Å². The highest BCUT2D eigenvalue weighted by molar-refractivity contribution is 7.86. The molecule has 0 aromatic rings. The average molecular weight is 361 g/mol. The van der Waals surface area contributed by atoms with Gasteiger partial charge in [-0.05, 0) is 44.7 Å². The van der Waals surface area contributed by atoms with Crippen LogP contribution in [0.3, 0.4) is 0 Å². The first-order valence-corrected chi connectivity index (χ1v) is 10.4. The third kappa shape index (κ3) is 5.15. The maximum absolute atomic E-state index is 12.3. The first kappa shape index (κ1) is 19.6. The van der Waals surface area contributed by atoms with Gasteiger partial charge in [-0.3, -0.25) is 4.79 Å². The second-order valence-electron chi connectivity index (χ2n) is 7.32. The molecule has 1 atom stereocenters. The van der Waals surface area contributed by atoms with Crippen LogP contribution in [0.25, 0.3) is 0 Å². The van der Waals surface area contributed by atoms with Crippen molar-refractivity contribution in [1.82, 2.24) is 18.8 Å². The highest BCUT2D eigenvalue weighted by Crippen LogP contribution is 2.20. The lowest BCUT2D eigenvalue weighted by Crippen LogP contribution is -2.47. The summed E-state index contributed by atoms with van der Waals surface area (Å²) in [5.74, 6) is 0.448. The molecule has 1 unspecified atom stereocenters.